The van der Waals surface area contributed by atoms with E-state index in [0.29, 0.717) is 0 Å². The fourth-order valence-corrected chi connectivity index (χ4v) is 2.55. The molecule has 1 aromatic carbocycles. The van der Waals surface area contributed by atoms with Crippen LogP contribution in [0.5, 0.6) is 0 Å². The summed E-state index contributed by atoms with van der Waals surface area (Å²) >= 11 is 0. The summed E-state index contributed by atoms with van der Waals surface area (Å²) in [6.45, 7) is 6.21. The standard InChI is InChI=1S/C14H21FN2.ClH/c1-2-5-14(17-10-8-16-9-11-17)12-6-3-4-7-13(12)15;/h3-4,6-7,14,16H,2,5,8-11H2,1H3;1H/t14-;/m0./s1. The summed E-state index contributed by atoms with van der Waals surface area (Å²) in [5, 5.41) is 3.34. The first-order chi connectivity index (χ1) is 8.33. The number of hydrogen-bond acceptors (Lipinski definition) is 2. The second-order valence-electron chi connectivity index (χ2n) is 4.61. The van der Waals surface area contributed by atoms with Crippen LogP contribution in [0.1, 0.15) is 31.4 Å². The number of piperazine rings is 1. The zero-order chi connectivity index (χ0) is 12.1. The zero-order valence-electron chi connectivity index (χ0n) is 10.9. The molecule has 0 amide bonds. The van der Waals surface area contributed by atoms with E-state index in [2.05, 4.69) is 17.1 Å². The third-order valence-electron chi connectivity index (χ3n) is 3.42. The molecule has 0 aromatic heterocycles. The normalized spacial score (nSPS) is 18.1. The smallest absolute Gasteiger partial charge is 0.127 e. The number of halogens is 2. The van der Waals surface area contributed by atoms with Gasteiger partial charge in [0.05, 0.1) is 0 Å². The molecule has 0 spiro atoms. The van der Waals surface area contributed by atoms with Crippen molar-refractivity contribution in [1.82, 2.24) is 10.2 Å². The first kappa shape index (κ1) is 15.4. The van der Waals surface area contributed by atoms with Crippen LogP contribution in [0, 0.1) is 5.82 Å². The molecule has 0 saturated carbocycles. The van der Waals surface area contributed by atoms with Crippen LogP contribution in [0.3, 0.4) is 0 Å². The lowest BCUT2D eigenvalue weighted by molar-refractivity contribution is 0.161. The summed E-state index contributed by atoms with van der Waals surface area (Å²) in [6, 6.07) is 7.43. The zero-order valence-corrected chi connectivity index (χ0v) is 11.7. The molecular formula is C14H22ClFN2. The Morgan fingerprint density at radius 1 is 1.28 bits per heavy atom. The molecule has 1 saturated heterocycles. The molecule has 0 unspecified atom stereocenters. The summed E-state index contributed by atoms with van der Waals surface area (Å²) in [7, 11) is 0. The van der Waals surface area contributed by atoms with Crippen LogP contribution in [0.2, 0.25) is 0 Å². The Balaban J connectivity index is 0.00000162. The number of benzene rings is 1. The number of nitrogens with one attached hydrogen (secondary N) is 1. The Morgan fingerprint density at radius 2 is 1.94 bits per heavy atom. The van der Waals surface area contributed by atoms with E-state index in [-0.39, 0.29) is 24.3 Å². The lowest BCUT2D eigenvalue weighted by Crippen LogP contribution is -2.45. The SMILES string of the molecule is CCC[C@@H](c1ccccc1F)N1CCNCC1.Cl. The highest BCUT2D eigenvalue weighted by molar-refractivity contribution is 5.85. The molecule has 0 bridgehead atoms. The number of nitrogens with zero attached hydrogens (tertiary/aromatic N) is 1. The van der Waals surface area contributed by atoms with Gasteiger partial charge in [-0.1, -0.05) is 31.5 Å². The van der Waals surface area contributed by atoms with E-state index in [4.69, 9.17) is 0 Å². The van der Waals surface area contributed by atoms with Gasteiger partial charge in [0, 0.05) is 37.8 Å². The quantitative estimate of drug-likeness (QED) is 0.907. The molecule has 1 atom stereocenters. The molecule has 2 nitrogen and oxygen atoms in total. The van der Waals surface area contributed by atoms with Gasteiger partial charge < -0.3 is 5.32 Å². The van der Waals surface area contributed by atoms with Crippen LogP contribution in [-0.2, 0) is 0 Å². The van der Waals surface area contributed by atoms with E-state index < -0.39 is 0 Å². The van der Waals surface area contributed by atoms with Crippen LogP contribution in [0.15, 0.2) is 24.3 Å². The molecule has 2 rings (SSSR count). The van der Waals surface area contributed by atoms with Crippen molar-refractivity contribution in [1.29, 1.82) is 0 Å². The van der Waals surface area contributed by atoms with Crippen molar-refractivity contribution in [3.63, 3.8) is 0 Å². The van der Waals surface area contributed by atoms with E-state index in [1.807, 2.05) is 12.1 Å². The molecule has 18 heavy (non-hydrogen) atoms. The van der Waals surface area contributed by atoms with Crippen molar-refractivity contribution < 1.29 is 4.39 Å². The maximum absolute atomic E-state index is 13.9. The Kier molecular flexibility index (Phi) is 6.61. The number of hydrogen-bond donors (Lipinski definition) is 1. The van der Waals surface area contributed by atoms with Gasteiger partial charge in [0.2, 0.25) is 0 Å². The van der Waals surface area contributed by atoms with Crippen LogP contribution in [0.25, 0.3) is 0 Å². The Bertz CT molecular complexity index is 353. The Morgan fingerprint density at radius 3 is 2.56 bits per heavy atom. The predicted octanol–water partition coefficient (Wildman–Crippen LogP) is 2.99. The maximum Gasteiger partial charge on any atom is 0.127 e. The average molecular weight is 273 g/mol. The highest BCUT2D eigenvalue weighted by atomic mass is 35.5. The van der Waals surface area contributed by atoms with E-state index in [1.54, 1.807) is 12.1 Å². The van der Waals surface area contributed by atoms with Crippen molar-refractivity contribution in [2.24, 2.45) is 0 Å². The van der Waals surface area contributed by atoms with Crippen molar-refractivity contribution in [3.8, 4) is 0 Å². The van der Waals surface area contributed by atoms with Gasteiger partial charge in [-0.3, -0.25) is 4.90 Å². The fraction of sp³-hybridized carbons (Fsp3) is 0.571. The molecule has 1 N–H and O–H groups in total. The minimum absolute atomic E-state index is 0. The van der Waals surface area contributed by atoms with E-state index in [0.717, 1.165) is 44.6 Å². The Labute approximate surface area is 115 Å². The van der Waals surface area contributed by atoms with Crippen LogP contribution in [-0.4, -0.2) is 31.1 Å². The molecule has 0 radical (unpaired) electrons. The molecule has 4 heteroatoms. The maximum atomic E-state index is 13.9. The van der Waals surface area contributed by atoms with Crippen LogP contribution < -0.4 is 5.32 Å². The third kappa shape index (κ3) is 3.67. The van der Waals surface area contributed by atoms with E-state index in [9.17, 15) is 4.39 Å². The van der Waals surface area contributed by atoms with Crippen LogP contribution >= 0.6 is 12.4 Å². The third-order valence-corrected chi connectivity index (χ3v) is 3.42. The molecule has 1 fully saturated rings. The minimum Gasteiger partial charge on any atom is -0.314 e. The first-order valence-corrected chi connectivity index (χ1v) is 6.52. The highest BCUT2D eigenvalue weighted by Gasteiger charge is 2.23. The molecular weight excluding hydrogens is 251 g/mol. The number of rotatable bonds is 4. The molecule has 1 aliphatic rings. The lowest BCUT2D eigenvalue weighted by Gasteiger charge is -2.35. The molecule has 0 aliphatic carbocycles. The van der Waals surface area contributed by atoms with E-state index >= 15 is 0 Å². The van der Waals surface area contributed by atoms with Crippen LogP contribution in [0.4, 0.5) is 4.39 Å². The topological polar surface area (TPSA) is 15.3 Å². The summed E-state index contributed by atoms with van der Waals surface area (Å²) in [6.07, 6.45) is 2.11. The minimum atomic E-state index is -0.0653. The second-order valence-corrected chi connectivity index (χ2v) is 4.61. The van der Waals surface area contributed by atoms with Gasteiger partial charge in [0.1, 0.15) is 5.82 Å². The fourth-order valence-electron chi connectivity index (χ4n) is 2.55. The van der Waals surface area contributed by atoms with Gasteiger partial charge in [0.25, 0.3) is 0 Å². The predicted molar refractivity (Wildman–Crippen MR) is 75.7 cm³/mol. The van der Waals surface area contributed by atoms with Gasteiger partial charge in [0.15, 0.2) is 0 Å². The molecule has 102 valence electrons. The largest absolute Gasteiger partial charge is 0.314 e. The monoisotopic (exact) mass is 272 g/mol. The second kappa shape index (κ2) is 7.72. The molecule has 1 aliphatic heterocycles. The van der Waals surface area contributed by atoms with Crippen molar-refractivity contribution >= 4 is 12.4 Å². The first-order valence-electron chi connectivity index (χ1n) is 6.52. The van der Waals surface area contributed by atoms with Crippen molar-refractivity contribution in [2.75, 3.05) is 26.2 Å². The van der Waals surface area contributed by atoms with Gasteiger partial charge in [-0.15, -0.1) is 12.4 Å². The van der Waals surface area contributed by atoms with Gasteiger partial charge in [-0.25, -0.2) is 4.39 Å². The molecule has 1 aromatic rings. The van der Waals surface area contributed by atoms with Gasteiger partial charge in [-0.2, -0.15) is 0 Å². The lowest BCUT2D eigenvalue weighted by atomic mass is 9.99. The summed E-state index contributed by atoms with van der Waals surface area (Å²) < 4.78 is 13.9. The average Bonchev–Trinajstić information content (AvgIpc) is 2.38. The molecule has 1 heterocycles. The van der Waals surface area contributed by atoms with Gasteiger partial charge in [-0.05, 0) is 12.5 Å². The van der Waals surface area contributed by atoms with Crippen molar-refractivity contribution in [2.45, 2.75) is 25.8 Å². The summed E-state index contributed by atoms with van der Waals surface area (Å²) in [4.78, 5) is 2.40. The summed E-state index contributed by atoms with van der Waals surface area (Å²) in [5.41, 5.74) is 0.858. The van der Waals surface area contributed by atoms with Gasteiger partial charge >= 0.3 is 0 Å². The van der Waals surface area contributed by atoms with E-state index in [1.165, 1.54) is 0 Å². The highest BCUT2D eigenvalue weighted by Crippen LogP contribution is 2.27. The Hall–Kier alpha value is -0.640. The van der Waals surface area contributed by atoms with Crippen molar-refractivity contribution in [3.05, 3.63) is 35.6 Å². The summed E-state index contributed by atoms with van der Waals surface area (Å²) in [5.74, 6) is -0.0653.